The van der Waals surface area contributed by atoms with Crippen molar-refractivity contribution in [1.82, 2.24) is 0 Å². The Morgan fingerprint density at radius 3 is 2.53 bits per heavy atom. The Hall–Kier alpha value is -1.94. The summed E-state index contributed by atoms with van der Waals surface area (Å²) in [6, 6.07) is 3.69. The molecule has 1 rings (SSSR count). The summed E-state index contributed by atoms with van der Waals surface area (Å²) in [6.45, 7) is 0.734. The van der Waals surface area contributed by atoms with Crippen molar-refractivity contribution in [2.45, 2.75) is 19.2 Å². The first-order chi connectivity index (χ1) is 8.68. The van der Waals surface area contributed by atoms with E-state index in [0.717, 1.165) is 19.1 Å². The van der Waals surface area contributed by atoms with Gasteiger partial charge in [0.1, 0.15) is 17.4 Å². The number of ether oxygens (including phenoxy) is 1. The predicted molar refractivity (Wildman–Crippen MR) is 59.3 cm³/mol. The van der Waals surface area contributed by atoms with Crippen molar-refractivity contribution in [1.29, 1.82) is 5.26 Å². The Labute approximate surface area is 111 Å². The van der Waals surface area contributed by atoms with Crippen molar-refractivity contribution >= 4 is 17.6 Å². The van der Waals surface area contributed by atoms with E-state index in [0.29, 0.717) is 0 Å². The number of hydrogen-bond acceptors (Lipinski definition) is 3. The standard InChI is InChI=1S/C11H7ClF3NO3/c1-5(11(13,14)15)19-7-3-2-6(4-16)9(12)8(7)10(17)18/h2-3,5H,1H3,(H,17,18). The summed E-state index contributed by atoms with van der Waals surface area (Å²) >= 11 is 5.64. The highest BCUT2D eigenvalue weighted by molar-refractivity contribution is 6.35. The molecule has 0 aliphatic heterocycles. The maximum atomic E-state index is 12.4. The Morgan fingerprint density at radius 1 is 1.53 bits per heavy atom. The molecule has 0 saturated carbocycles. The second kappa shape index (κ2) is 5.36. The van der Waals surface area contributed by atoms with Crippen LogP contribution in [0.5, 0.6) is 5.75 Å². The molecule has 0 fully saturated rings. The van der Waals surface area contributed by atoms with Gasteiger partial charge in [0.05, 0.1) is 10.6 Å². The number of nitrogens with zero attached hydrogens (tertiary/aromatic N) is 1. The quantitative estimate of drug-likeness (QED) is 0.928. The van der Waals surface area contributed by atoms with Gasteiger partial charge in [-0.3, -0.25) is 0 Å². The molecule has 102 valence electrons. The average Bonchev–Trinajstić information content (AvgIpc) is 2.27. The number of nitriles is 1. The van der Waals surface area contributed by atoms with Gasteiger partial charge in [-0.25, -0.2) is 4.79 Å². The third-order valence-electron chi connectivity index (χ3n) is 2.20. The second-order valence-corrected chi connectivity index (χ2v) is 3.90. The highest BCUT2D eigenvalue weighted by atomic mass is 35.5. The molecule has 1 atom stereocenters. The van der Waals surface area contributed by atoms with Crippen LogP contribution in [-0.2, 0) is 0 Å². The van der Waals surface area contributed by atoms with Crippen LogP contribution in [0, 0.1) is 11.3 Å². The van der Waals surface area contributed by atoms with E-state index >= 15 is 0 Å². The van der Waals surface area contributed by atoms with Gasteiger partial charge in [0.2, 0.25) is 0 Å². The van der Waals surface area contributed by atoms with Gasteiger partial charge in [-0.05, 0) is 19.1 Å². The number of aromatic carboxylic acids is 1. The fourth-order valence-corrected chi connectivity index (χ4v) is 1.48. The minimum Gasteiger partial charge on any atom is -0.480 e. The van der Waals surface area contributed by atoms with Crippen LogP contribution in [0.2, 0.25) is 5.02 Å². The fraction of sp³-hybridized carbons (Fsp3) is 0.273. The summed E-state index contributed by atoms with van der Waals surface area (Å²) in [7, 11) is 0. The van der Waals surface area contributed by atoms with E-state index in [1.807, 2.05) is 0 Å². The Morgan fingerprint density at radius 2 is 2.11 bits per heavy atom. The molecule has 0 aromatic heterocycles. The topological polar surface area (TPSA) is 70.3 Å². The number of benzene rings is 1. The van der Waals surface area contributed by atoms with Crippen LogP contribution < -0.4 is 4.74 Å². The molecule has 0 aliphatic rings. The molecule has 0 amide bonds. The summed E-state index contributed by atoms with van der Waals surface area (Å²) in [6.07, 6.45) is -6.84. The molecule has 0 heterocycles. The lowest BCUT2D eigenvalue weighted by Crippen LogP contribution is -2.31. The molecule has 1 aromatic rings. The summed E-state index contributed by atoms with van der Waals surface area (Å²) < 4.78 is 41.6. The number of carbonyl (C=O) groups is 1. The van der Waals surface area contributed by atoms with Crippen LogP contribution in [0.15, 0.2) is 12.1 Å². The SMILES string of the molecule is CC(Oc1ccc(C#N)c(Cl)c1C(=O)O)C(F)(F)F. The summed E-state index contributed by atoms with van der Waals surface area (Å²) in [5, 5.41) is 17.1. The molecule has 0 saturated heterocycles. The van der Waals surface area contributed by atoms with Gasteiger partial charge >= 0.3 is 12.1 Å². The van der Waals surface area contributed by atoms with Crippen molar-refractivity contribution in [3.8, 4) is 11.8 Å². The van der Waals surface area contributed by atoms with Crippen LogP contribution in [0.4, 0.5) is 13.2 Å². The van der Waals surface area contributed by atoms with E-state index in [9.17, 15) is 18.0 Å². The molecule has 0 spiro atoms. The highest BCUT2D eigenvalue weighted by Gasteiger charge is 2.39. The van der Waals surface area contributed by atoms with Crippen LogP contribution in [0.3, 0.4) is 0 Å². The minimum atomic E-state index is -4.64. The van der Waals surface area contributed by atoms with E-state index in [4.69, 9.17) is 22.0 Å². The van der Waals surface area contributed by atoms with Gasteiger partial charge in [-0.1, -0.05) is 11.6 Å². The van der Waals surface area contributed by atoms with Crippen molar-refractivity contribution in [3.05, 3.63) is 28.3 Å². The third-order valence-corrected chi connectivity index (χ3v) is 2.60. The first kappa shape index (κ1) is 15.1. The molecular weight excluding hydrogens is 287 g/mol. The first-order valence-electron chi connectivity index (χ1n) is 4.87. The summed E-state index contributed by atoms with van der Waals surface area (Å²) in [5.74, 6) is -2.12. The molecule has 4 nitrogen and oxygen atoms in total. The molecule has 19 heavy (non-hydrogen) atoms. The van der Waals surface area contributed by atoms with Gasteiger partial charge in [-0.2, -0.15) is 18.4 Å². The Balaban J connectivity index is 3.27. The number of alkyl halides is 3. The van der Waals surface area contributed by atoms with Crippen molar-refractivity contribution in [2.24, 2.45) is 0 Å². The molecular formula is C11H7ClF3NO3. The van der Waals surface area contributed by atoms with E-state index in [-0.39, 0.29) is 5.56 Å². The summed E-state index contributed by atoms with van der Waals surface area (Å²) in [5.41, 5.74) is -0.831. The van der Waals surface area contributed by atoms with E-state index < -0.39 is 34.6 Å². The minimum absolute atomic E-state index is 0.161. The number of halogens is 4. The van der Waals surface area contributed by atoms with E-state index in [1.165, 1.54) is 0 Å². The zero-order valence-electron chi connectivity index (χ0n) is 9.45. The van der Waals surface area contributed by atoms with E-state index in [2.05, 4.69) is 4.74 Å². The number of hydrogen-bond donors (Lipinski definition) is 1. The van der Waals surface area contributed by atoms with Crippen LogP contribution in [0.1, 0.15) is 22.8 Å². The van der Waals surface area contributed by atoms with Crippen molar-refractivity contribution < 1.29 is 27.8 Å². The lowest BCUT2D eigenvalue weighted by Gasteiger charge is -2.19. The van der Waals surface area contributed by atoms with Gasteiger partial charge in [0.15, 0.2) is 6.10 Å². The first-order valence-corrected chi connectivity index (χ1v) is 5.25. The Bertz CT molecular complexity index is 551. The van der Waals surface area contributed by atoms with Crippen LogP contribution in [-0.4, -0.2) is 23.4 Å². The highest BCUT2D eigenvalue weighted by Crippen LogP contribution is 2.32. The third kappa shape index (κ3) is 3.29. The summed E-state index contributed by atoms with van der Waals surface area (Å²) in [4.78, 5) is 11.0. The monoisotopic (exact) mass is 293 g/mol. The zero-order valence-corrected chi connectivity index (χ0v) is 10.2. The van der Waals surface area contributed by atoms with Crippen molar-refractivity contribution in [3.63, 3.8) is 0 Å². The molecule has 1 aromatic carbocycles. The van der Waals surface area contributed by atoms with Gasteiger partial charge in [-0.15, -0.1) is 0 Å². The van der Waals surface area contributed by atoms with Crippen molar-refractivity contribution in [2.75, 3.05) is 0 Å². The predicted octanol–water partition coefficient (Wildman–Crippen LogP) is 3.24. The average molecular weight is 294 g/mol. The Kier molecular flexibility index (Phi) is 4.27. The number of rotatable bonds is 3. The zero-order chi connectivity index (χ0) is 14.8. The second-order valence-electron chi connectivity index (χ2n) is 3.52. The normalized spacial score (nSPS) is 12.6. The largest absolute Gasteiger partial charge is 0.480 e. The van der Waals surface area contributed by atoms with E-state index in [1.54, 1.807) is 6.07 Å². The maximum absolute atomic E-state index is 12.4. The van der Waals surface area contributed by atoms with Crippen LogP contribution >= 0.6 is 11.6 Å². The molecule has 0 bridgehead atoms. The molecule has 1 N–H and O–H groups in total. The molecule has 0 radical (unpaired) electrons. The number of carboxylic acid groups (broad SMARTS) is 1. The van der Waals surface area contributed by atoms with Gasteiger partial charge in [0, 0.05) is 0 Å². The van der Waals surface area contributed by atoms with Gasteiger partial charge < -0.3 is 9.84 Å². The lowest BCUT2D eigenvalue weighted by molar-refractivity contribution is -0.189. The molecule has 1 unspecified atom stereocenters. The fourth-order valence-electron chi connectivity index (χ4n) is 1.20. The lowest BCUT2D eigenvalue weighted by atomic mass is 10.1. The molecule has 0 aliphatic carbocycles. The maximum Gasteiger partial charge on any atom is 0.425 e. The smallest absolute Gasteiger partial charge is 0.425 e. The van der Waals surface area contributed by atoms with Gasteiger partial charge in [0.25, 0.3) is 0 Å². The molecule has 8 heteroatoms. The van der Waals surface area contributed by atoms with Crippen LogP contribution in [0.25, 0.3) is 0 Å². The number of carboxylic acids is 1.